The molecule has 0 saturated heterocycles. The monoisotopic (exact) mass is 867 g/mol. The van der Waals surface area contributed by atoms with Crippen molar-refractivity contribution < 1.29 is 47.8 Å². The summed E-state index contributed by atoms with van der Waals surface area (Å²) in [6.45, 7) is 1.94. The van der Waals surface area contributed by atoms with Crippen molar-refractivity contribution in [3.05, 3.63) is 146 Å². The molecule has 0 heterocycles. The van der Waals surface area contributed by atoms with Gasteiger partial charge in [-0.25, -0.2) is 4.57 Å². The van der Waals surface area contributed by atoms with Crippen LogP contribution in [-0.2, 0) is 32.7 Å². The zero-order valence-corrected chi connectivity index (χ0v) is 37.7. The van der Waals surface area contributed by atoms with E-state index >= 15 is 0 Å². The molecule has 0 aromatic carbocycles. The number of hydrogen-bond donors (Lipinski definition) is 3. The van der Waals surface area contributed by atoms with Gasteiger partial charge in [0.15, 0.2) is 0 Å². The van der Waals surface area contributed by atoms with Gasteiger partial charge in [-0.3, -0.25) is 18.6 Å². The average Bonchev–Trinajstić information content (AvgIpc) is 3.25. The second-order valence-corrected chi connectivity index (χ2v) is 15.1. The number of hydrogen-bond acceptors (Lipinski definition) is 9. The van der Waals surface area contributed by atoms with Crippen LogP contribution < -0.4 is 0 Å². The smallest absolute Gasteiger partial charge is 0.463 e. The van der Waals surface area contributed by atoms with Crippen LogP contribution in [0.3, 0.4) is 0 Å². The van der Waals surface area contributed by atoms with Gasteiger partial charge in [0.2, 0.25) is 0 Å². The largest absolute Gasteiger partial charge is 0.472 e. The third-order valence-electron chi connectivity index (χ3n) is 8.02. The second-order valence-electron chi connectivity index (χ2n) is 13.6. The highest BCUT2D eigenvalue weighted by Gasteiger charge is 2.26. The molecule has 3 unspecified atom stereocenters. The normalized spacial score (nSPS) is 15.2. The Morgan fingerprint density at radius 2 is 0.787 bits per heavy atom. The number of allylic oxidation sites excluding steroid dienone is 24. The maximum Gasteiger partial charge on any atom is 0.472 e. The van der Waals surface area contributed by atoms with Crippen molar-refractivity contribution in [2.24, 2.45) is 0 Å². The maximum absolute atomic E-state index is 12.2. The molecule has 0 amide bonds. The molecule has 3 N–H and O–H groups in total. The topological polar surface area (TPSA) is 149 Å². The molecule has 0 rings (SSSR count). The van der Waals surface area contributed by atoms with Gasteiger partial charge >= 0.3 is 19.8 Å². The molecule has 11 heteroatoms. The first-order valence-corrected chi connectivity index (χ1v) is 23.3. The first kappa shape index (κ1) is 56.9. The van der Waals surface area contributed by atoms with Gasteiger partial charge < -0.3 is 24.6 Å². The van der Waals surface area contributed by atoms with Crippen LogP contribution in [0.15, 0.2) is 146 Å². The van der Waals surface area contributed by atoms with E-state index in [1.54, 1.807) is 0 Å². The van der Waals surface area contributed by atoms with Gasteiger partial charge in [-0.15, -0.1) is 0 Å². The fourth-order valence-electron chi connectivity index (χ4n) is 4.75. The number of phosphoric acid groups is 1. The number of esters is 2. The Balaban J connectivity index is 4.04. The molecule has 0 aliphatic carbocycles. The van der Waals surface area contributed by atoms with Gasteiger partial charge in [0, 0.05) is 12.8 Å². The first-order valence-electron chi connectivity index (χ1n) is 21.8. The van der Waals surface area contributed by atoms with Gasteiger partial charge in [0.05, 0.1) is 19.8 Å². The number of ether oxygens (including phenoxy) is 2. The summed E-state index contributed by atoms with van der Waals surface area (Å²) in [6.07, 6.45) is 60.0. The van der Waals surface area contributed by atoms with E-state index in [0.29, 0.717) is 12.8 Å². The molecule has 10 nitrogen and oxygen atoms in total. The molecule has 0 radical (unpaired) electrons. The highest BCUT2D eigenvalue weighted by molar-refractivity contribution is 7.47. The molecular formula is C50H75O10P. The predicted molar refractivity (Wildman–Crippen MR) is 251 cm³/mol. The minimum Gasteiger partial charge on any atom is -0.463 e. The van der Waals surface area contributed by atoms with E-state index in [1.807, 2.05) is 30.4 Å². The van der Waals surface area contributed by atoms with Crippen molar-refractivity contribution in [2.75, 3.05) is 26.4 Å². The molecule has 0 spiro atoms. The zero-order chi connectivity index (χ0) is 44.8. The van der Waals surface area contributed by atoms with Gasteiger partial charge in [0.1, 0.15) is 18.8 Å². The van der Waals surface area contributed by atoms with E-state index in [9.17, 15) is 29.3 Å². The van der Waals surface area contributed by atoms with Crippen LogP contribution in [0.2, 0.25) is 0 Å². The predicted octanol–water partition coefficient (Wildman–Crippen LogP) is 11.9. The van der Waals surface area contributed by atoms with E-state index in [-0.39, 0.29) is 12.8 Å². The summed E-state index contributed by atoms with van der Waals surface area (Å²) in [5.74, 6) is -1.13. The minimum atomic E-state index is -4.67. The third kappa shape index (κ3) is 43.7. The number of aliphatic hydroxyl groups is 2. The fraction of sp³-hybridized carbons (Fsp3) is 0.480. The van der Waals surface area contributed by atoms with Crippen molar-refractivity contribution in [1.82, 2.24) is 0 Å². The Hall–Kier alpha value is -4.15. The van der Waals surface area contributed by atoms with E-state index in [1.165, 1.54) is 0 Å². The van der Waals surface area contributed by atoms with E-state index in [2.05, 4.69) is 129 Å². The number of carbonyl (C=O) groups is 2. The summed E-state index contributed by atoms with van der Waals surface area (Å²) in [5.41, 5.74) is 0. The lowest BCUT2D eigenvalue weighted by molar-refractivity contribution is -0.153. The van der Waals surface area contributed by atoms with Gasteiger partial charge in [-0.05, 0) is 89.9 Å². The molecule has 3 atom stereocenters. The lowest BCUT2D eigenvalue weighted by Crippen LogP contribution is -2.27. The summed E-state index contributed by atoms with van der Waals surface area (Å²) in [4.78, 5) is 34.1. The highest BCUT2D eigenvalue weighted by atomic mass is 31.2. The van der Waals surface area contributed by atoms with Crippen molar-refractivity contribution in [3.63, 3.8) is 0 Å². The van der Waals surface area contributed by atoms with E-state index in [0.717, 1.165) is 77.0 Å². The van der Waals surface area contributed by atoms with Gasteiger partial charge in [-0.2, -0.15) is 0 Å². The van der Waals surface area contributed by atoms with Crippen molar-refractivity contribution in [1.29, 1.82) is 0 Å². The molecule has 0 aromatic rings. The summed E-state index contributed by atoms with van der Waals surface area (Å²) in [5, 5.41) is 19.6. The SMILES string of the molecule is CC/C=C\C/C=C\C/C=C\C/C=C\C/C=C\C/C=C\CCC(=O)OCC(O)COP(=O)(O)OCC(CO)OC(=O)CC/C=C\C/C=C\C/C=C\C/C=C\C/C=C\C/C=C\CC. The minimum absolute atomic E-state index is 0.0538. The summed E-state index contributed by atoms with van der Waals surface area (Å²) >= 11 is 0. The van der Waals surface area contributed by atoms with Crippen molar-refractivity contribution >= 4 is 19.8 Å². The molecule has 0 aliphatic heterocycles. The Labute approximate surface area is 367 Å². The number of carbonyl (C=O) groups excluding carboxylic acids is 2. The van der Waals surface area contributed by atoms with Crippen LogP contribution in [0.25, 0.3) is 0 Å². The maximum atomic E-state index is 12.2. The Morgan fingerprint density at radius 1 is 0.475 bits per heavy atom. The second kappa shape index (κ2) is 43.9. The Kier molecular flexibility index (Phi) is 40.9. The quantitative estimate of drug-likeness (QED) is 0.0311. The summed E-state index contributed by atoms with van der Waals surface area (Å²) in [6, 6.07) is 0. The standard InChI is InChI=1S/C50H75O10P/c1-3-5-7-9-11-13-15-17-19-21-23-25-27-29-31-33-35-37-39-41-49(53)57-44-47(52)45-58-61(55,56)59-46-48(43-51)60-50(54)42-40-38-36-34-32-30-28-26-24-22-20-18-16-14-12-10-8-6-4-2/h5-8,11-14,17-20,23-26,29-32,35-38,47-48,51-52H,3-4,9-10,15-16,21-22,27-28,33-34,39-46H2,1-2H3,(H,55,56)/b7-5-,8-6-,13-11-,14-12-,19-17-,20-18-,25-23-,26-24-,31-29-,32-30-,37-35-,38-36-. The lowest BCUT2D eigenvalue weighted by Gasteiger charge is -2.19. The third-order valence-corrected chi connectivity index (χ3v) is 8.97. The van der Waals surface area contributed by atoms with Gasteiger partial charge in [0.25, 0.3) is 0 Å². The number of rotatable bonds is 38. The zero-order valence-electron chi connectivity index (χ0n) is 36.8. The molecule has 0 bridgehead atoms. The number of aliphatic hydroxyl groups excluding tert-OH is 2. The molecular weight excluding hydrogens is 792 g/mol. The molecule has 0 aliphatic rings. The van der Waals surface area contributed by atoms with Crippen LogP contribution in [0.1, 0.15) is 117 Å². The fourth-order valence-corrected chi connectivity index (χ4v) is 5.54. The van der Waals surface area contributed by atoms with Crippen LogP contribution in [0.5, 0.6) is 0 Å². The molecule has 0 aromatic heterocycles. The van der Waals surface area contributed by atoms with Crippen LogP contribution in [0.4, 0.5) is 0 Å². The Bertz CT molecular complexity index is 1510. The van der Waals surface area contributed by atoms with E-state index < -0.39 is 58.4 Å². The molecule has 0 saturated carbocycles. The molecule has 0 fully saturated rings. The van der Waals surface area contributed by atoms with Crippen molar-refractivity contribution in [3.8, 4) is 0 Å². The molecule has 61 heavy (non-hydrogen) atoms. The lowest BCUT2D eigenvalue weighted by atomic mass is 10.2. The first-order chi connectivity index (χ1) is 29.7. The summed E-state index contributed by atoms with van der Waals surface area (Å²) < 4.78 is 32.0. The van der Waals surface area contributed by atoms with Crippen LogP contribution in [0, 0.1) is 0 Å². The average molecular weight is 867 g/mol. The molecule has 340 valence electrons. The van der Waals surface area contributed by atoms with Gasteiger partial charge in [-0.1, -0.05) is 160 Å². The number of phosphoric ester groups is 1. The Morgan fingerprint density at radius 3 is 1.13 bits per heavy atom. The van der Waals surface area contributed by atoms with E-state index in [4.69, 9.17) is 18.5 Å². The highest BCUT2D eigenvalue weighted by Crippen LogP contribution is 2.43. The van der Waals surface area contributed by atoms with Crippen LogP contribution >= 0.6 is 7.82 Å². The summed E-state index contributed by atoms with van der Waals surface area (Å²) in [7, 11) is -4.67. The van der Waals surface area contributed by atoms with Crippen LogP contribution in [-0.4, -0.2) is 65.7 Å². The van der Waals surface area contributed by atoms with Crippen molar-refractivity contribution in [2.45, 2.75) is 129 Å².